The van der Waals surface area contributed by atoms with Gasteiger partial charge in [-0.3, -0.25) is 14.8 Å². The maximum atomic E-state index is 12.1. The predicted octanol–water partition coefficient (Wildman–Crippen LogP) is 2.47. The van der Waals surface area contributed by atoms with Crippen molar-refractivity contribution in [3.8, 4) is 0 Å². The molecule has 3 aromatic rings. The topological polar surface area (TPSA) is 70.1 Å². The number of imidazole rings is 1. The van der Waals surface area contributed by atoms with Gasteiger partial charge in [0, 0.05) is 38.8 Å². The van der Waals surface area contributed by atoms with Gasteiger partial charge in [-0.2, -0.15) is 5.10 Å². The zero-order valence-electron chi connectivity index (χ0n) is 16.1. The van der Waals surface area contributed by atoms with Gasteiger partial charge >= 0.3 is 0 Å². The highest BCUT2D eigenvalue weighted by atomic mass is 16.2. The van der Waals surface area contributed by atoms with E-state index in [0.29, 0.717) is 11.6 Å². The molecule has 0 aliphatic carbocycles. The number of rotatable bonds is 5. The molecule has 1 atom stereocenters. The summed E-state index contributed by atoms with van der Waals surface area (Å²) >= 11 is 0. The Labute approximate surface area is 159 Å². The van der Waals surface area contributed by atoms with Gasteiger partial charge in [-0.25, -0.2) is 4.98 Å². The Hall–Kier alpha value is -2.67. The largest absolute Gasteiger partial charge is 0.343 e. The van der Waals surface area contributed by atoms with Crippen LogP contribution in [0.3, 0.4) is 0 Å². The molecule has 3 heterocycles. The molecule has 0 bridgehead atoms. The number of carbonyl (C=O) groups is 1. The molecule has 1 aliphatic heterocycles. The molecule has 1 fully saturated rings. The highest BCUT2D eigenvalue weighted by molar-refractivity contribution is 5.92. The summed E-state index contributed by atoms with van der Waals surface area (Å²) in [5, 5.41) is 7.26. The SMILES string of the molecule is CCn1c(CN2CCC(c3cc(C(=O)N(C)C)n[nH]3)C2)nc2ccccc21. The average molecular weight is 366 g/mol. The summed E-state index contributed by atoms with van der Waals surface area (Å²) in [6.07, 6.45) is 1.06. The van der Waals surface area contributed by atoms with Crippen LogP contribution in [-0.2, 0) is 13.1 Å². The van der Waals surface area contributed by atoms with Crippen LogP contribution in [0.4, 0.5) is 0 Å². The second-order valence-electron chi connectivity index (χ2n) is 7.39. The predicted molar refractivity (Wildman–Crippen MR) is 105 cm³/mol. The first kappa shape index (κ1) is 17.7. The number of benzene rings is 1. The molecular formula is C20H26N6O. The van der Waals surface area contributed by atoms with Crippen LogP contribution in [0.1, 0.15) is 41.3 Å². The summed E-state index contributed by atoms with van der Waals surface area (Å²) < 4.78 is 2.30. The number of amides is 1. The number of aromatic nitrogens is 4. The molecule has 27 heavy (non-hydrogen) atoms. The van der Waals surface area contributed by atoms with Crippen LogP contribution in [0.25, 0.3) is 11.0 Å². The summed E-state index contributed by atoms with van der Waals surface area (Å²) in [7, 11) is 3.49. The number of nitrogens with one attached hydrogen (secondary N) is 1. The number of nitrogens with zero attached hydrogens (tertiary/aromatic N) is 5. The van der Waals surface area contributed by atoms with Gasteiger partial charge in [-0.1, -0.05) is 12.1 Å². The summed E-state index contributed by atoms with van der Waals surface area (Å²) in [6, 6.07) is 10.2. The second-order valence-corrected chi connectivity index (χ2v) is 7.39. The van der Waals surface area contributed by atoms with Crippen molar-refractivity contribution >= 4 is 16.9 Å². The second kappa shape index (κ2) is 7.15. The zero-order chi connectivity index (χ0) is 19.0. The Kier molecular flexibility index (Phi) is 4.70. The third-order valence-corrected chi connectivity index (χ3v) is 5.35. The zero-order valence-corrected chi connectivity index (χ0v) is 16.1. The van der Waals surface area contributed by atoms with Crippen molar-refractivity contribution in [2.75, 3.05) is 27.2 Å². The number of aromatic amines is 1. The van der Waals surface area contributed by atoms with Crippen LogP contribution in [-0.4, -0.2) is 62.6 Å². The summed E-state index contributed by atoms with van der Waals surface area (Å²) in [6.45, 7) is 5.90. The van der Waals surface area contributed by atoms with Crippen LogP contribution in [0.5, 0.6) is 0 Å². The van der Waals surface area contributed by atoms with Gasteiger partial charge in [0.1, 0.15) is 11.5 Å². The molecule has 1 unspecified atom stereocenters. The number of aryl methyl sites for hydroxylation is 1. The van der Waals surface area contributed by atoms with E-state index in [0.717, 1.165) is 49.6 Å². The molecule has 7 heteroatoms. The molecule has 1 saturated heterocycles. The number of hydrogen-bond donors (Lipinski definition) is 1. The lowest BCUT2D eigenvalue weighted by atomic mass is 10.0. The van der Waals surface area contributed by atoms with Crippen molar-refractivity contribution in [1.82, 2.24) is 29.5 Å². The Morgan fingerprint density at radius 1 is 1.33 bits per heavy atom. The summed E-state index contributed by atoms with van der Waals surface area (Å²) in [5.41, 5.74) is 3.80. The number of H-pyrrole nitrogens is 1. The van der Waals surface area contributed by atoms with E-state index in [2.05, 4.69) is 44.8 Å². The molecule has 0 spiro atoms. The van der Waals surface area contributed by atoms with Gasteiger partial charge in [0.15, 0.2) is 0 Å². The van der Waals surface area contributed by atoms with E-state index in [1.807, 2.05) is 12.1 Å². The fourth-order valence-electron chi connectivity index (χ4n) is 3.91. The fourth-order valence-corrected chi connectivity index (χ4v) is 3.91. The summed E-state index contributed by atoms with van der Waals surface area (Å²) in [5.74, 6) is 1.43. The maximum Gasteiger partial charge on any atom is 0.273 e. The number of hydrogen-bond acceptors (Lipinski definition) is 4. The van der Waals surface area contributed by atoms with Crippen LogP contribution in [0.2, 0.25) is 0 Å². The molecule has 1 aromatic carbocycles. The molecule has 0 saturated carbocycles. The smallest absolute Gasteiger partial charge is 0.273 e. The van der Waals surface area contributed by atoms with Crippen molar-refractivity contribution in [2.45, 2.75) is 32.4 Å². The lowest BCUT2D eigenvalue weighted by molar-refractivity contribution is 0.0822. The first-order valence-electron chi connectivity index (χ1n) is 9.50. The molecule has 7 nitrogen and oxygen atoms in total. The number of carbonyl (C=O) groups excluding carboxylic acids is 1. The van der Waals surface area contributed by atoms with E-state index in [1.54, 1.807) is 19.0 Å². The minimum Gasteiger partial charge on any atom is -0.343 e. The van der Waals surface area contributed by atoms with E-state index < -0.39 is 0 Å². The molecule has 142 valence electrons. The Morgan fingerprint density at radius 2 is 2.15 bits per heavy atom. The lowest BCUT2D eigenvalue weighted by Gasteiger charge is -2.16. The van der Waals surface area contributed by atoms with Crippen LogP contribution >= 0.6 is 0 Å². The molecule has 2 aromatic heterocycles. The monoisotopic (exact) mass is 366 g/mol. The number of fused-ring (bicyclic) bond motifs is 1. The Balaban J connectivity index is 1.47. The van der Waals surface area contributed by atoms with Gasteiger partial charge < -0.3 is 9.47 Å². The Bertz CT molecular complexity index is 956. The first-order valence-corrected chi connectivity index (χ1v) is 9.50. The van der Waals surface area contributed by atoms with Gasteiger partial charge in [0.25, 0.3) is 5.91 Å². The molecule has 4 rings (SSSR count). The molecule has 1 aliphatic rings. The van der Waals surface area contributed by atoms with Gasteiger partial charge in [0.2, 0.25) is 0 Å². The quantitative estimate of drug-likeness (QED) is 0.753. The van der Waals surface area contributed by atoms with Crippen molar-refractivity contribution < 1.29 is 4.79 Å². The minimum absolute atomic E-state index is 0.0657. The maximum absolute atomic E-state index is 12.1. The van der Waals surface area contributed by atoms with Gasteiger partial charge in [-0.05, 0) is 38.1 Å². The molecule has 1 amide bonds. The van der Waals surface area contributed by atoms with E-state index in [-0.39, 0.29) is 5.91 Å². The number of para-hydroxylation sites is 2. The third kappa shape index (κ3) is 3.35. The van der Waals surface area contributed by atoms with Gasteiger partial charge in [0.05, 0.1) is 17.6 Å². The minimum atomic E-state index is -0.0657. The summed E-state index contributed by atoms with van der Waals surface area (Å²) in [4.78, 5) is 20.9. The first-order chi connectivity index (χ1) is 13.1. The van der Waals surface area contributed by atoms with E-state index in [1.165, 1.54) is 5.52 Å². The Morgan fingerprint density at radius 3 is 2.93 bits per heavy atom. The van der Waals surface area contributed by atoms with Crippen molar-refractivity contribution in [2.24, 2.45) is 0 Å². The van der Waals surface area contributed by atoms with Crippen molar-refractivity contribution in [3.05, 3.63) is 47.5 Å². The van der Waals surface area contributed by atoms with Crippen LogP contribution in [0.15, 0.2) is 30.3 Å². The molecule has 0 radical (unpaired) electrons. The molecule has 1 N–H and O–H groups in total. The highest BCUT2D eigenvalue weighted by Gasteiger charge is 2.27. The van der Waals surface area contributed by atoms with Crippen LogP contribution in [0, 0.1) is 0 Å². The third-order valence-electron chi connectivity index (χ3n) is 5.35. The van der Waals surface area contributed by atoms with Crippen molar-refractivity contribution in [3.63, 3.8) is 0 Å². The van der Waals surface area contributed by atoms with E-state index in [9.17, 15) is 4.79 Å². The van der Waals surface area contributed by atoms with Gasteiger partial charge in [-0.15, -0.1) is 0 Å². The number of likely N-dealkylation sites (tertiary alicyclic amines) is 1. The average Bonchev–Trinajstić information content (AvgIpc) is 3.38. The standard InChI is InChI=1S/C20H26N6O/c1-4-26-18-8-6-5-7-15(18)21-19(26)13-25-10-9-14(12-25)16-11-17(23-22-16)20(27)24(2)3/h5-8,11,14H,4,9-10,12-13H2,1-3H3,(H,22,23). The van der Waals surface area contributed by atoms with E-state index in [4.69, 9.17) is 4.98 Å². The fraction of sp³-hybridized carbons (Fsp3) is 0.450. The normalized spacial score (nSPS) is 17.7. The molecular weight excluding hydrogens is 340 g/mol. The highest BCUT2D eigenvalue weighted by Crippen LogP contribution is 2.28. The lowest BCUT2D eigenvalue weighted by Crippen LogP contribution is -2.22. The van der Waals surface area contributed by atoms with Crippen LogP contribution < -0.4 is 0 Å². The van der Waals surface area contributed by atoms with E-state index >= 15 is 0 Å². The van der Waals surface area contributed by atoms with Crippen molar-refractivity contribution in [1.29, 1.82) is 0 Å².